The Kier molecular flexibility index (Phi) is 7.75. The van der Waals surface area contributed by atoms with Gasteiger partial charge in [0.15, 0.2) is 5.16 Å². The monoisotopic (exact) mass is 448 g/mol. The van der Waals surface area contributed by atoms with Crippen molar-refractivity contribution in [2.45, 2.75) is 55.8 Å². The van der Waals surface area contributed by atoms with E-state index < -0.39 is 5.54 Å². The van der Waals surface area contributed by atoms with Gasteiger partial charge in [-0.15, -0.1) is 0 Å². The molecule has 9 heteroatoms. The Labute approximate surface area is 184 Å². The zero-order valence-corrected chi connectivity index (χ0v) is 18.5. The Morgan fingerprint density at radius 2 is 2.17 bits per heavy atom. The van der Waals surface area contributed by atoms with Crippen LogP contribution in [-0.2, 0) is 16.1 Å². The number of carbonyl (C=O) groups excluding carboxylic acids is 1. The second-order valence-electron chi connectivity index (χ2n) is 7.45. The number of rotatable bonds is 8. The Hall–Kier alpha value is -2.08. The number of hydrogen-bond donors (Lipinski definition) is 1. The molecule has 1 aliphatic carbocycles. The van der Waals surface area contributed by atoms with Crippen LogP contribution in [0, 0.1) is 11.3 Å². The number of halogens is 1. The molecule has 7 nitrogen and oxygen atoms in total. The van der Waals surface area contributed by atoms with E-state index in [9.17, 15) is 14.9 Å². The molecule has 0 spiro atoms. The van der Waals surface area contributed by atoms with Crippen molar-refractivity contribution in [3.63, 3.8) is 0 Å². The molecule has 2 aromatic rings. The van der Waals surface area contributed by atoms with Crippen LogP contribution in [0.4, 0.5) is 0 Å². The molecule has 0 radical (unpaired) electrons. The summed E-state index contributed by atoms with van der Waals surface area (Å²) in [5, 5.41) is 13.9. The smallest absolute Gasteiger partial charge is 0.262 e. The number of nitrogens with zero attached hydrogens (tertiary/aromatic N) is 3. The summed E-state index contributed by atoms with van der Waals surface area (Å²) in [7, 11) is 1.61. The fourth-order valence-electron chi connectivity index (χ4n) is 3.70. The summed E-state index contributed by atoms with van der Waals surface area (Å²) in [4.78, 5) is 30.2. The summed E-state index contributed by atoms with van der Waals surface area (Å²) in [6, 6.07) is 7.27. The van der Waals surface area contributed by atoms with Crippen LogP contribution in [0.5, 0.6) is 0 Å². The number of amides is 1. The molecule has 1 amide bonds. The molecule has 1 aliphatic rings. The van der Waals surface area contributed by atoms with Crippen molar-refractivity contribution < 1.29 is 9.53 Å². The molecule has 1 saturated carbocycles. The summed E-state index contributed by atoms with van der Waals surface area (Å²) in [6.45, 7) is 0.949. The van der Waals surface area contributed by atoms with Gasteiger partial charge in [-0.05, 0) is 37.5 Å². The summed E-state index contributed by atoms with van der Waals surface area (Å²) in [5.74, 6) is -0.154. The highest BCUT2D eigenvalue weighted by Crippen LogP contribution is 2.28. The van der Waals surface area contributed by atoms with Crippen molar-refractivity contribution in [2.75, 3.05) is 19.5 Å². The molecule has 3 rings (SSSR count). The average molecular weight is 449 g/mol. The Bertz CT molecular complexity index is 1010. The number of ether oxygens (including phenoxy) is 1. The standard InChI is InChI=1S/C21H25ClN4O3S/c1-29-11-5-10-26-19(28)16-7-6-15(22)12-17(16)24-20(26)30-13-18(27)25-21(14-23)8-3-2-4-9-21/h6-7,12H,2-5,8-11,13H2,1H3,(H,25,27). The molecule has 0 saturated heterocycles. The van der Waals surface area contributed by atoms with E-state index in [2.05, 4.69) is 16.4 Å². The maximum absolute atomic E-state index is 13.0. The molecule has 0 aliphatic heterocycles. The third-order valence-electron chi connectivity index (χ3n) is 5.24. The predicted octanol–water partition coefficient (Wildman–Crippen LogP) is 3.52. The highest BCUT2D eigenvalue weighted by atomic mass is 35.5. The van der Waals surface area contributed by atoms with Crippen molar-refractivity contribution in [2.24, 2.45) is 0 Å². The third kappa shape index (κ3) is 5.34. The molecular weight excluding hydrogens is 424 g/mol. The van der Waals surface area contributed by atoms with Gasteiger partial charge in [0, 0.05) is 25.3 Å². The van der Waals surface area contributed by atoms with E-state index in [1.54, 1.807) is 29.9 Å². The summed E-state index contributed by atoms with van der Waals surface area (Å²) in [6.07, 6.45) is 4.96. The number of methoxy groups -OCH3 is 1. The third-order valence-corrected chi connectivity index (χ3v) is 6.46. The molecular formula is C21H25ClN4O3S. The summed E-state index contributed by atoms with van der Waals surface area (Å²) >= 11 is 7.26. The Morgan fingerprint density at radius 3 is 2.87 bits per heavy atom. The number of nitrogens with one attached hydrogen (secondary N) is 1. The van der Waals surface area contributed by atoms with E-state index in [1.165, 1.54) is 11.8 Å². The maximum Gasteiger partial charge on any atom is 0.262 e. The average Bonchev–Trinajstić information content (AvgIpc) is 2.74. The van der Waals surface area contributed by atoms with Gasteiger partial charge in [-0.2, -0.15) is 5.26 Å². The number of fused-ring (bicyclic) bond motifs is 1. The van der Waals surface area contributed by atoms with Gasteiger partial charge in [0.1, 0.15) is 5.54 Å². The van der Waals surface area contributed by atoms with Crippen molar-refractivity contribution in [1.29, 1.82) is 5.26 Å². The van der Waals surface area contributed by atoms with E-state index >= 15 is 0 Å². The van der Waals surface area contributed by atoms with Gasteiger partial charge in [-0.25, -0.2) is 4.98 Å². The first-order valence-electron chi connectivity index (χ1n) is 10.0. The fourth-order valence-corrected chi connectivity index (χ4v) is 4.69. The first-order chi connectivity index (χ1) is 14.5. The van der Waals surface area contributed by atoms with Crippen LogP contribution in [-0.4, -0.2) is 40.5 Å². The number of carbonyl (C=O) groups is 1. The molecule has 1 N–H and O–H groups in total. The second kappa shape index (κ2) is 10.3. The normalized spacial score (nSPS) is 15.6. The number of thioether (sulfide) groups is 1. The van der Waals surface area contributed by atoms with Crippen LogP contribution < -0.4 is 10.9 Å². The van der Waals surface area contributed by atoms with Gasteiger partial charge >= 0.3 is 0 Å². The van der Waals surface area contributed by atoms with Crippen LogP contribution in [0.2, 0.25) is 5.02 Å². The zero-order chi connectivity index (χ0) is 21.6. The molecule has 0 unspecified atom stereocenters. The van der Waals surface area contributed by atoms with Gasteiger partial charge in [0.05, 0.1) is 22.7 Å². The molecule has 1 fully saturated rings. The Balaban J connectivity index is 1.81. The Morgan fingerprint density at radius 1 is 1.40 bits per heavy atom. The van der Waals surface area contributed by atoms with Gasteiger partial charge in [0.25, 0.3) is 5.56 Å². The lowest BCUT2D eigenvalue weighted by atomic mass is 9.83. The predicted molar refractivity (Wildman–Crippen MR) is 118 cm³/mol. The number of hydrogen-bond acceptors (Lipinski definition) is 6. The highest BCUT2D eigenvalue weighted by molar-refractivity contribution is 7.99. The molecule has 160 valence electrons. The van der Waals surface area contributed by atoms with E-state index in [0.29, 0.717) is 53.5 Å². The first-order valence-corrected chi connectivity index (χ1v) is 11.4. The van der Waals surface area contributed by atoms with Crippen LogP contribution in [0.15, 0.2) is 28.2 Å². The number of benzene rings is 1. The summed E-state index contributed by atoms with van der Waals surface area (Å²) < 4.78 is 6.68. The van der Waals surface area contributed by atoms with Crippen LogP contribution in [0.1, 0.15) is 38.5 Å². The molecule has 0 bridgehead atoms. The first kappa shape index (κ1) is 22.6. The van der Waals surface area contributed by atoms with Crippen molar-refractivity contribution in [3.8, 4) is 6.07 Å². The lowest BCUT2D eigenvalue weighted by molar-refractivity contribution is -0.120. The van der Waals surface area contributed by atoms with Gasteiger partial charge in [-0.1, -0.05) is 42.6 Å². The van der Waals surface area contributed by atoms with Crippen LogP contribution >= 0.6 is 23.4 Å². The topological polar surface area (TPSA) is 97.0 Å². The van der Waals surface area contributed by atoms with Gasteiger partial charge in [0.2, 0.25) is 5.91 Å². The molecule has 0 atom stereocenters. The summed E-state index contributed by atoms with van der Waals surface area (Å²) in [5.41, 5.74) is -0.450. The molecule has 1 heterocycles. The minimum Gasteiger partial charge on any atom is -0.385 e. The van der Waals surface area contributed by atoms with Crippen LogP contribution in [0.25, 0.3) is 10.9 Å². The number of aromatic nitrogens is 2. The SMILES string of the molecule is COCCCn1c(SCC(=O)NC2(C#N)CCCCC2)nc2cc(Cl)ccc2c1=O. The van der Waals surface area contributed by atoms with Crippen molar-refractivity contribution in [1.82, 2.24) is 14.9 Å². The maximum atomic E-state index is 13.0. The molecule has 1 aromatic carbocycles. The van der Waals surface area contributed by atoms with Gasteiger partial charge < -0.3 is 10.1 Å². The number of nitriles is 1. The zero-order valence-electron chi connectivity index (χ0n) is 16.9. The minimum absolute atomic E-state index is 0.0756. The van der Waals surface area contributed by atoms with E-state index in [1.807, 2.05) is 0 Å². The van der Waals surface area contributed by atoms with E-state index in [0.717, 1.165) is 19.3 Å². The second-order valence-corrected chi connectivity index (χ2v) is 8.83. The largest absolute Gasteiger partial charge is 0.385 e. The van der Waals surface area contributed by atoms with Gasteiger partial charge in [-0.3, -0.25) is 14.2 Å². The minimum atomic E-state index is -0.779. The van der Waals surface area contributed by atoms with Crippen molar-refractivity contribution in [3.05, 3.63) is 33.6 Å². The lowest BCUT2D eigenvalue weighted by Gasteiger charge is -2.31. The molecule has 30 heavy (non-hydrogen) atoms. The quantitative estimate of drug-likeness (QED) is 0.377. The van der Waals surface area contributed by atoms with Crippen LogP contribution in [0.3, 0.4) is 0 Å². The van der Waals surface area contributed by atoms with E-state index in [-0.39, 0.29) is 17.2 Å². The fraction of sp³-hybridized carbons (Fsp3) is 0.524. The lowest BCUT2D eigenvalue weighted by Crippen LogP contribution is -2.49. The molecule has 1 aromatic heterocycles. The highest BCUT2D eigenvalue weighted by Gasteiger charge is 2.33. The van der Waals surface area contributed by atoms with Crippen molar-refractivity contribution >= 4 is 40.2 Å². The van der Waals surface area contributed by atoms with E-state index in [4.69, 9.17) is 16.3 Å².